The van der Waals surface area contributed by atoms with Gasteiger partial charge in [0.25, 0.3) is 0 Å². The van der Waals surface area contributed by atoms with Gasteiger partial charge in [-0.3, -0.25) is 4.57 Å². The number of nitrogens with zero attached hydrogens (tertiary/aromatic N) is 3. The smallest absolute Gasteiger partial charge is 0.191 e. The Hall–Kier alpha value is -1.34. The molecular formula is C19H20ClN3OS2. The van der Waals surface area contributed by atoms with E-state index in [0.717, 1.165) is 53.3 Å². The highest BCUT2D eigenvalue weighted by Crippen LogP contribution is 2.30. The van der Waals surface area contributed by atoms with Crippen molar-refractivity contribution in [2.75, 3.05) is 6.61 Å². The van der Waals surface area contributed by atoms with Gasteiger partial charge in [-0.05, 0) is 43.5 Å². The molecule has 4 rings (SSSR count). The molecule has 4 nitrogen and oxygen atoms in total. The van der Waals surface area contributed by atoms with Gasteiger partial charge in [0.15, 0.2) is 11.0 Å². The van der Waals surface area contributed by atoms with Crippen molar-refractivity contribution >= 4 is 34.7 Å². The first kappa shape index (κ1) is 18.0. The summed E-state index contributed by atoms with van der Waals surface area (Å²) in [5.41, 5.74) is 2.31. The number of halogens is 1. The summed E-state index contributed by atoms with van der Waals surface area (Å²) in [5, 5.41) is 12.8. The summed E-state index contributed by atoms with van der Waals surface area (Å²) >= 11 is 9.53. The molecule has 1 fully saturated rings. The highest BCUT2D eigenvalue weighted by atomic mass is 35.5. The summed E-state index contributed by atoms with van der Waals surface area (Å²) in [6.07, 6.45) is 2.47. The summed E-state index contributed by atoms with van der Waals surface area (Å²) < 4.78 is 8.07. The maximum absolute atomic E-state index is 6.10. The molecule has 0 N–H and O–H groups in total. The Bertz CT molecular complexity index is 887. The van der Waals surface area contributed by atoms with Crippen LogP contribution in [0.3, 0.4) is 0 Å². The van der Waals surface area contributed by atoms with Gasteiger partial charge in [-0.2, -0.15) is 0 Å². The summed E-state index contributed by atoms with van der Waals surface area (Å²) in [5.74, 6) is 1.74. The van der Waals surface area contributed by atoms with Crippen molar-refractivity contribution < 1.29 is 4.74 Å². The summed E-state index contributed by atoms with van der Waals surface area (Å²) in [6.45, 7) is 3.77. The van der Waals surface area contributed by atoms with Gasteiger partial charge in [-0.15, -0.1) is 21.5 Å². The molecule has 136 valence electrons. The zero-order valence-electron chi connectivity index (χ0n) is 14.5. The van der Waals surface area contributed by atoms with Crippen LogP contribution < -0.4 is 0 Å². The van der Waals surface area contributed by atoms with E-state index in [0.29, 0.717) is 0 Å². The van der Waals surface area contributed by atoms with Crippen molar-refractivity contribution in [3.8, 4) is 11.4 Å². The van der Waals surface area contributed by atoms with Crippen LogP contribution in [0.5, 0.6) is 0 Å². The Balaban J connectivity index is 1.59. The SMILES string of the molecule is Cc1cc(-c2nnc(SCc3cccc(Cl)c3)n2CC2CCCO2)cs1. The predicted octanol–water partition coefficient (Wildman–Crippen LogP) is 5.44. The quantitative estimate of drug-likeness (QED) is 0.512. The molecule has 0 saturated carbocycles. The van der Waals surface area contributed by atoms with Gasteiger partial charge in [0.05, 0.1) is 12.6 Å². The fourth-order valence-corrected chi connectivity index (χ4v) is 4.89. The topological polar surface area (TPSA) is 39.9 Å². The van der Waals surface area contributed by atoms with Crippen molar-refractivity contribution in [3.05, 3.63) is 51.2 Å². The number of ether oxygens (including phenoxy) is 1. The first-order chi connectivity index (χ1) is 12.7. The van der Waals surface area contributed by atoms with Gasteiger partial charge in [0, 0.05) is 33.2 Å². The molecule has 1 unspecified atom stereocenters. The Morgan fingerprint density at radius 3 is 3.00 bits per heavy atom. The second-order valence-electron chi connectivity index (χ2n) is 6.42. The van der Waals surface area contributed by atoms with Gasteiger partial charge in [-0.1, -0.05) is 35.5 Å². The average molecular weight is 406 g/mol. The Kier molecular flexibility index (Phi) is 5.64. The fourth-order valence-electron chi connectivity index (χ4n) is 3.10. The molecule has 3 aromatic rings. The number of aryl methyl sites for hydroxylation is 1. The largest absolute Gasteiger partial charge is 0.376 e. The number of rotatable bonds is 6. The Labute approximate surface area is 166 Å². The summed E-state index contributed by atoms with van der Waals surface area (Å²) in [4.78, 5) is 1.28. The number of thiophene rings is 1. The lowest BCUT2D eigenvalue weighted by Crippen LogP contribution is -2.16. The number of thioether (sulfide) groups is 1. The average Bonchev–Trinajstić information content (AvgIpc) is 3.35. The third-order valence-electron chi connectivity index (χ3n) is 4.37. The van der Waals surface area contributed by atoms with Gasteiger partial charge >= 0.3 is 0 Å². The maximum atomic E-state index is 6.10. The molecule has 0 radical (unpaired) electrons. The van der Waals surface area contributed by atoms with Gasteiger partial charge < -0.3 is 4.74 Å². The third-order valence-corrected chi connectivity index (χ3v) is 6.51. The van der Waals surface area contributed by atoms with Gasteiger partial charge in [0.1, 0.15) is 0 Å². The van der Waals surface area contributed by atoms with Crippen LogP contribution in [0.4, 0.5) is 0 Å². The molecule has 3 heterocycles. The molecule has 0 aliphatic carbocycles. The van der Waals surface area contributed by atoms with E-state index >= 15 is 0 Å². The third kappa shape index (κ3) is 4.14. The van der Waals surface area contributed by atoms with E-state index in [1.165, 1.54) is 10.4 Å². The van der Waals surface area contributed by atoms with E-state index in [1.54, 1.807) is 23.1 Å². The van der Waals surface area contributed by atoms with Crippen LogP contribution in [0.25, 0.3) is 11.4 Å². The first-order valence-corrected chi connectivity index (χ1v) is 10.9. The van der Waals surface area contributed by atoms with Crippen LogP contribution in [0.1, 0.15) is 23.3 Å². The molecular weight excluding hydrogens is 386 g/mol. The fraction of sp³-hybridized carbons (Fsp3) is 0.368. The second kappa shape index (κ2) is 8.13. The number of hydrogen-bond acceptors (Lipinski definition) is 5. The zero-order chi connectivity index (χ0) is 17.9. The Morgan fingerprint density at radius 2 is 2.27 bits per heavy atom. The van der Waals surface area contributed by atoms with Crippen LogP contribution in [0.2, 0.25) is 5.02 Å². The summed E-state index contributed by atoms with van der Waals surface area (Å²) in [7, 11) is 0. The lowest BCUT2D eigenvalue weighted by molar-refractivity contribution is 0.0953. The van der Waals surface area contributed by atoms with Crippen LogP contribution in [-0.4, -0.2) is 27.5 Å². The minimum absolute atomic E-state index is 0.245. The molecule has 1 aliphatic rings. The molecule has 1 saturated heterocycles. The number of aromatic nitrogens is 3. The molecule has 26 heavy (non-hydrogen) atoms. The standard InChI is InChI=1S/C19H20ClN3OS2/c1-13-8-15(12-25-13)18-21-22-19(23(18)10-17-6-3-7-24-17)26-11-14-4-2-5-16(20)9-14/h2,4-5,8-9,12,17H,3,6-7,10-11H2,1H3. The van der Waals surface area contributed by atoms with E-state index in [1.807, 2.05) is 18.2 Å². The molecule has 1 aromatic carbocycles. The maximum Gasteiger partial charge on any atom is 0.191 e. The van der Waals surface area contributed by atoms with Crippen molar-refractivity contribution in [3.63, 3.8) is 0 Å². The lowest BCUT2D eigenvalue weighted by Gasteiger charge is -2.14. The second-order valence-corrected chi connectivity index (χ2v) is 8.91. The van der Waals surface area contributed by atoms with Gasteiger partial charge in [-0.25, -0.2) is 0 Å². The van der Waals surface area contributed by atoms with Crippen LogP contribution in [0.15, 0.2) is 40.9 Å². The van der Waals surface area contributed by atoms with Crippen molar-refractivity contribution in [1.29, 1.82) is 0 Å². The molecule has 1 atom stereocenters. The van der Waals surface area contributed by atoms with Crippen LogP contribution in [-0.2, 0) is 17.0 Å². The predicted molar refractivity (Wildman–Crippen MR) is 108 cm³/mol. The minimum Gasteiger partial charge on any atom is -0.376 e. The normalized spacial score (nSPS) is 17.1. The van der Waals surface area contributed by atoms with E-state index in [2.05, 4.69) is 39.2 Å². The minimum atomic E-state index is 0.245. The van der Waals surface area contributed by atoms with Crippen LogP contribution >= 0.6 is 34.7 Å². The Morgan fingerprint density at radius 1 is 1.35 bits per heavy atom. The van der Waals surface area contributed by atoms with Crippen LogP contribution in [0, 0.1) is 6.92 Å². The van der Waals surface area contributed by atoms with Gasteiger partial charge in [0.2, 0.25) is 0 Å². The van der Waals surface area contributed by atoms with E-state index < -0.39 is 0 Å². The zero-order valence-corrected chi connectivity index (χ0v) is 16.9. The molecule has 1 aliphatic heterocycles. The van der Waals surface area contributed by atoms with E-state index in [4.69, 9.17) is 16.3 Å². The first-order valence-electron chi connectivity index (χ1n) is 8.66. The molecule has 0 amide bonds. The molecule has 7 heteroatoms. The van der Waals surface area contributed by atoms with Crippen molar-refractivity contribution in [2.24, 2.45) is 0 Å². The highest BCUT2D eigenvalue weighted by molar-refractivity contribution is 7.98. The lowest BCUT2D eigenvalue weighted by atomic mass is 10.2. The highest BCUT2D eigenvalue weighted by Gasteiger charge is 2.22. The number of benzene rings is 1. The summed E-state index contributed by atoms with van der Waals surface area (Å²) in [6, 6.07) is 10.1. The van der Waals surface area contributed by atoms with Crippen molar-refractivity contribution in [1.82, 2.24) is 14.8 Å². The van der Waals surface area contributed by atoms with E-state index in [-0.39, 0.29) is 6.10 Å². The molecule has 0 bridgehead atoms. The van der Waals surface area contributed by atoms with Crippen molar-refractivity contribution in [2.45, 2.75) is 43.3 Å². The molecule has 2 aromatic heterocycles. The number of hydrogen-bond donors (Lipinski definition) is 0. The monoisotopic (exact) mass is 405 g/mol. The molecule has 0 spiro atoms. The van der Waals surface area contributed by atoms with E-state index in [9.17, 15) is 0 Å².